The van der Waals surface area contributed by atoms with Crippen LogP contribution in [0.2, 0.25) is 0 Å². The summed E-state index contributed by atoms with van der Waals surface area (Å²) in [6.45, 7) is 7.07. The van der Waals surface area contributed by atoms with E-state index < -0.39 is 0 Å². The van der Waals surface area contributed by atoms with Gasteiger partial charge in [0.05, 0.1) is 7.11 Å². The molecule has 1 aliphatic heterocycles. The Hall–Kier alpha value is -1.85. The van der Waals surface area contributed by atoms with Crippen LogP contribution >= 0.6 is 0 Å². The molecular weight excluding hydrogens is 314 g/mol. The predicted molar refractivity (Wildman–Crippen MR) is 98.7 cm³/mol. The van der Waals surface area contributed by atoms with Gasteiger partial charge in [0, 0.05) is 32.1 Å². The molecule has 0 amide bonds. The minimum Gasteiger partial charge on any atom is -0.497 e. The van der Waals surface area contributed by atoms with Crippen LogP contribution in [0.25, 0.3) is 0 Å². The SMILES string of the molecule is COCc1ncc(C)n1CC1CCN(Cc2cccc(OC)c2)CC1. The molecule has 25 heavy (non-hydrogen) atoms. The first-order valence-electron chi connectivity index (χ1n) is 9.05. The highest BCUT2D eigenvalue weighted by molar-refractivity contribution is 5.28. The molecule has 0 aliphatic carbocycles. The van der Waals surface area contributed by atoms with Crippen molar-refractivity contribution >= 4 is 0 Å². The normalized spacial score (nSPS) is 16.3. The van der Waals surface area contributed by atoms with Gasteiger partial charge in [-0.1, -0.05) is 12.1 Å². The van der Waals surface area contributed by atoms with E-state index in [1.807, 2.05) is 12.3 Å². The van der Waals surface area contributed by atoms with Gasteiger partial charge >= 0.3 is 0 Å². The first-order valence-corrected chi connectivity index (χ1v) is 9.05. The average Bonchev–Trinajstić information content (AvgIpc) is 2.97. The number of hydrogen-bond donors (Lipinski definition) is 0. The first-order chi connectivity index (χ1) is 12.2. The number of hydrogen-bond acceptors (Lipinski definition) is 4. The fraction of sp³-hybridized carbons (Fsp3) is 0.550. The molecule has 1 aromatic carbocycles. The lowest BCUT2D eigenvalue weighted by molar-refractivity contribution is 0.155. The lowest BCUT2D eigenvalue weighted by atomic mass is 9.96. The molecule has 0 unspecified atom stereocenters. The van der Waals surface area contributed by atoms with Crippen LogP contribution in [-0.4, -0.2) is 41.8 Å². The molecule has 1 aromatic heterocycles. The van der Waals surface area contributed by atoms with E-state index in [0.717, 1.165) is 37.8 Å². The van der Waals surface area contributed by atoms with E-state index >= 15 is 0 Å². The summed E-state index contributed by atoms with van der Waals surface area (Å²) in [5, 5.41) is 0. The number of benzene rings is 1. The molecule has 2 heterocycles. The van der Waals surface area contributed by atoms with Gasteiger partial charge in [0.1, 0.15) is 18.2 Å². The summed E-state index contributed by atoms with van der Waals surface area (Å²) in [4.78, 5) is 7.02. The van der Waals surface area contributed by atoms with Gasteiger partial charge in [-0.15, -0.1) is 0 Å². The van der Waals surface area contributed by atoms with Crippen molar-refractivity contribution in [1.82, 2.24) is 14.5 Å². The second kappa shape index (κ2) is 8.50. The van der Waals surface area contributed by atoms with E-state index in [0.29, 0.717) is 12.5 Å². The third-order valence-corrected chi connectivity index (χ3v) is 5.10. The van der Waals surface area contributed by atoms with Crippen molar-refractivity contribution in [2.75, 3.05) is 27.3 Å². The van der Waals surface area contributed by atoms with Crippen molar-refractivity contribution in [3.8, 4) is 5.75 Å². The van der Waals surface area contributed by atoms with Gasteiger partial charge < -0.3 is 14.0 Å². The number of methoxy groups -OCH3 is 2. The molecule has 0 N–H and O–H groups in total. The van der Waals surface area contributed by atoms with Crippen molar-refractivity contribution in [3.05, 3.63) is 47.5 Å². The van der Waals surface area contributed by atoms with E-state index in [2.05, 4.69) is 39.6 Å². The monoisotopic (exact) mass is 343 g/mol. The number of aryl methyl sites for hydroxylation is 1. The molecule has 0 saturated carbocycles. The third kappa shape index (κ3) is 4.61. The summed E-state index contributed by atoms with van der Waals surface area (Å²) in [5.41, 5.74) is 2.55. The van der Waals surface area contributed by atoms with Gasteiger partial charge in [0.25, 0.3) is 0 Å². The maximum atomic E-state index is 5.32. The Kier molecular flexibility index (Phi) is 6.10. The number of imidazole rings is 1. The van der Waals surface area contributed by atoms with Crippen LogP contribution in [0.5, 0.6) is 5.75 Å². The smallest absolute Gasteiger partial charge is 0.134 e. The fourth-order valence-electron chi connectivity index (χ4n) is 3.62. The Morgan fingerprint density at radius 3 is 2.72 bits per heavy atom. The summed E-state index contributed by atoms with van der Waals surface area (Å²) in [6, 6.07) is 8.39. The molecule has 1 fully saturated rings. The number of aromatic nitrogens is 2. The average molecular weight is 343 g/mol. The van der Waals surface area contributed by atoms with Gasteiger partial charge in [-0.3, -0.25) is 4.90 Å². The standard InChI is InChI=1S/C20H29N3O2/c1-16-12-21-20(15-24-2)23(16)14-17-7-9-22(10-8-17)13-18-5-4-6-19(11-18)25-3/h4-6,11-12,17H,7-10,13-15H2,1-3H3. The molecule has 1 saturated heterocycles. The summed E-state index contributed by atoms with van der Waals surface area (Å²) in [7, 11) is 3.45. The van der Waals surface area contributed by atoms with Crippen LogP contribution in [0, 0.1) is 12.8 Å². The third-order valence-electron chi connectivity index (χ3n) is 5.10. The number of likely N-dealkylation sites (tertiary alicyclic amines) is 1. The van der Waals surface area contributed by atoms with Crippen LogP contribution < -0.4 is 4.74 Å². The summed E-state index contributed by atoms with van der Waals surface area (Å²) in [6.07, 6.45) is 4.41. The van der Waals surface area contributed by atoms with Gasteiger partial charge in [0.15, 0.2) is 0 Å². The van der Waals surface area contributed by atoms with Crippen molar-refractivity contribution in [2.45, 2.75) is 39.5 Å². The van der Waals surface area contributed by atoms with Crippen LogP contribution in [-0.2, 0) is 24.4 Å². The first kappa shape index (κ1) is 18.0. The van der Waals surface area contributed by atoms with Crippen molar-refractivity contribution < 1.29 is 9.47 Å². The number of nitrogens with zero attached hydrogens (tertiary/aromatic N) is 3. The summed E-state index contributed by atoms with van der Waals surface area (Å²) in [5.74, 6) is 2.69. The Morgan fingerprint density at radius 2 is 2.00 bits per heavy atom. The van der Waals surface area contributed by atoms with Crippen molar-refractivity contribution in [2.24, 2.45) is 5.92 Å². The molecule has 5 heteroatoms. The van der Waals surface area contributed by atoms with E-state index in [-0.39, 0.29) is 0 Å². The highest BCUT2D eigenvalue weighted by Gasteiger charge is 2.21. The topological polar surface area (TPSA) is 39.5 Å². The van der Waals surface area contributed by atoms with Crippen LogP contribution in [0.4, 0.5) is 0 Å². The molecule has 0 atom stereocenters. The molecule has 1 aliphatic rings. The van der Waals surface area contributed by atoms with Gasteiger partial charge in [-0.2, -0.15) is 0 Å². The van der Waals surface area contributed by atoms with Crippen molar-refractivity contribution in [3.63, 3.8) is 0 Å². The number of ether oxygens (including phenoxy) is 2. The number of rotatable bonds is 7. The highest BCUT2D eigenvalue weighted by Crippen LogP contribution is 2.23. The van der Waals surface area contributed by atoms with E-state index in [1.54, 1.807) is 14.2 Å². The highest BCUT2D eigenvalue weighted by atomic mass is 16.5. The van der Waals surface area contributed by atoms with E-state index in [4.69, 9.17) is 9.47 Å². The van der Waals surface area contributed by atoms with Crippen LogP contribution in [0.1, 0.15) is 29.9 Å². The molecule has 0 radical (unpaired) electrons. The second-order valence-corrected chi connectivity index (χ2v) is 6.93. The number of piperidine rings is 1. The van der Waals surface area contributed by atoms with Gasteiger partial charge in [-0.05, 0) is 56.5 Å². The molecule has 5 nitrogen and oxygen atoms in total. The molecular formula is C20H29N3O2. The van der Waals surface area contributed by atoms with Crippen LogP contribution in [0.15, 0.2) is 30.5 Å². The molecule has 3 rings (SSSR count). The summed E-state index contributed by atoms with van der Waals surface area (Å²) >= 11 is 0. The largest absolute Gasteiger partial charge is 0.497 e. The predicted octanol–water partition coefficient (Wildman–Crippen LogP) is 3.26. The lowest BCUT2D eigenvalue weighted by Gasteiger charge is -2.32. The minimum absolute atomic E-state index is 0.586. The zero-order chi connectivity index (χ0) is 17.6. The zero-order valence-corrected chi connectivity index (χ0v) is 15.6. The molecule has 2 aromatic rings. The zero-order valence-electron chi connectivity index (χ0n) is 15.6. The Balaban J connectivity index is 1.53. The van der Waals surface area contributed by atoms with Gasteiger partial charge in [0.2, 0.25) is 0 Å². The van der Waals surface area contributed by atoms with E-state index in [9.17, 15) is 0 Å². The Labute approximate surface area is 150 Å². The quantitative estimate of drug-likeness (QED) is 0.774. The minimum atomic E-state index is 0.586. The maximum Gasteiger partial charge on any atom is 0.134 e. The summed E-state index contributed by atoms with van der Waals surface area (Å²) < 4.78 is 12.9. The van der Waals surface area contributed by atoms with Crippen molar-refractivity contribution in [1.29, 1.82) is 0 Å². The Morgan fingerprint density at radius 1 is 1.20 bits per heavy atom. The molecule has 0 spiro atoms. The molecule has 136 valence electrons. The maximum absolute atomic E-state index is 5.32. The molecule has 0 bridgehead atoms. The second-order valence-electron chi connectivity index (χ2n) is 6.93. The van der Waals surface area contributed by atoms with E-state index in [1.165, 1.54) is 24.1 Å². The Bertz CT molecular complexity index is 675. The van der Waals surface area contributed by atoms with Gasteiger partial charge in [-0.25, -0.2) is 4.98 Å². The lowest BCUT2D eigenvalue weighted by Crippen LogP contribution is -2.34. The fourth-order valence-corrected chi connectivity index (χ4v) is 3.62. The van der Waals surface area contributed by atoms with Crippen LogP contribution in [0.3, 0.4) is 0 Å².